The molecule has 1 aromatic heterocycles. The molecule has 0 amide bonds. The topological polar surface area (TPSA) is 56.7 Å². The lowest BCUT2D eigenvalue weighted by atomic mass is 9.71. The molecule has 1 unspecified atom stereocenters. The molecule has 154 valence electrons. The first-order valence-electron chi connectivity index (χ1n) is 11.1. The van der Waals surface area contributed by atoms with Crippen LogP contribution in [0.1, 0.15) is 56.2 Å². The van der Waals surface area contributed by atoms with E-state index >= 15 is 0 Å². The van der Waals surface area contributed by atoms with Crippen LogP contribution in [0.4, 0.5) is 0 Å². The van der Waals surface area contributed by atoms with Crippen LogP contribution in [0.15, 0.2) is 18.3 Å². The lowest BCUT2D eigenvalue weighted by Gasteiger charge is -2.41. The normalized spacial score (nSPS) is 26.7. The first-order valence-corrected chi connectivity index (χ1v) is 11.1. The summed E-state index contributed by atoms with van der Waals surface area (Å²) in [5.41, 5.74) is 2.27. The number of rotatable bonds is 5. The molecule has 0 aromatic carbocycles. The largest absolute Gasteiger partial charge is 0.481 e. The van der Waals surface area contributed by atoms with E-state index in [0.29, 0.717) is 0 Å². The van der Waals surface area contributed by atoms with Crippen LogP contribution in [0.2, 0.25) is 0 Å². The van der Waals surface area contributed by atoms with Gasteiger partial charge in [0.15, 0.2) is 0 Å². The monoisotopic (exact) mass is 385 g/mol. The maximum Gasteiger partial charge on any atom is 0.308 e. The number of hydrogen-bond donors (Lipinski definition) is 1. The van der Waals surface area contributed by atoms with Crippen molar-refractivity contribution in [3.8, 4) is 0 Å². The zero-order valence-corrected chi connectivity index (χ0v) is 17.3. The van der Waals surface area contributed by atoms with Crippen LogP contribution >= 0.6 is 0 Å². The molecule has 5 nitrogen and oxygen atoms in total. The molecule has 1 aliphatic carbocycles. The Bertz CT molecular complexity index is 661. The summed E-state index contributed by atoms with van der Waals surface area (Å²) >= 11 is 0. The van der Waals surface area contributed by atoms with Crippen LogP contribution in [0, 0.1) is 24.2 Å². The highest BCUT2D eigenvalue weighted by Gasteiger charge is 2.51. The highest BCUT2D eigenvalue weighted by atomic mass is 16.4. The van der Waals surface area contributed by atoms with Crippen LogP contribution in [-0.2, 0) is 11.3 Å². The second-order valence-corrected chi connectivity index (χ2v) is 9.55. The average molecular weight is 386 g/mol. The second-order valence-electron chi connectivity index (χ2n) is 9.55. The zero-order chi connectivity index (χ0) is 19.6. The fourth-order valence-corrected chi connectivity index (χ4v) is 5.77. The predicted octanol–water partition coefficient (Wildman–Crippen LogP) is 3.57. The summed E-state index contributed by atoms with van der Waals surface area (Å²) in [6.07, 6.45) is 10.7. The highest BCUT2D eigenvalue weighted by Crippen LogP contribution is 2.45. The molecule has 1 N–H and O–H groups in total. The smallest absolute Gasteiger partial charge is 0.308 e. The molecule has 1 spiro atoms. The summed E-state index contributed by atoms with van der Waals surface area (Å²) < 4.78 is 0. The molecule has 3 fully saturated rings. The summed E-state index contributed by atoms with van der Waals surface area (Å²) in [4.78, 5) is 21.5. The minimum Gasteiger partial charge on any atom is -0.481 e. The molecular formula is C23H35N3O2. The van der Waals surface area contributed by atoms with E-state index in [1.807, 2.05) is 6.20 Å². The first-order chi connectivity index (χ1) is 13.5. The Kier molecular flexibility index (Phi) is 6.02. The number of pyridine rings is 1. The highest BCUT2D eigenvalue weighted by molar-refractivity contribution is 5.72. The molecule has 28 heavy (non-hydrogen) atoms. The van der Waals surface area contributed by atoms with Crippen LogP contribution in [-0.4, -0.2) is 58.6 Å². The van der Waals surface area contributed by atoms with Gasteiger partial charge in [0, 0.05) is 37.8 Å². The van der Waals surface area contributed by atoms with Crippen molar-refractivity contribution in [1.29, 1.82) is 0 Å². The van der Waals surface area contributed by atoms with Crippen LogP contribution in [0.5, 0.6) is 0 Å². The van der Waals surface area contributed by atoms with Crippen molar-refractivity contribution >= 4 is 5.97 Å². The number of nitrogens with zero attached hydrogens (tertiary/aromatic N) is 3. The van der Waals surface area contributed by atoms with E-state index in [0.717, 1.165) is 63.7 Å². The molecule has 5 heteroatoms. The van der Waals surface area contributed by atoms with E-state index in [-0.39, 0.29) is 11.3 Å². The molecule has 0 bridgehead atoms. The Morgan fingerprint density at radius 3 is 2.57 bits per heavy atom. The summed E-state index contributed by atoms with van der Waals surface area (Å²) in [7, 11) is 0. The van der Waals surface area contributed by atoms with Gasteiger partial charge in [-0.3, -0.25) is 14.7 Å². The number of hydrogen-bond acceptors (Lipinski definition) is 4. The number of carboxylic acids is 1. The van der Waals surface area contributed by atoms with E-state index in [2.05, 4.69) is 33.8 Å². The van der Waals surface area contributed by atoms with E-state index < -0.39 is 5.97 Å². The first kappa shape index (κ1) is 19.8. The van der Waals surface area contributed by atoms with Gasteiger partial charge in [0.05, 0.1) is 11.6 Å². The number of carboxylic acid groups (broad SMARTS) is 1. The minimum absolute atomic E-state index is 0.0301. The summed E-state index contributed by atoms with van der Waals surface area (Å²) in [6.45, 7) is 7.75. The summed E-state index contributed by atoms with van der Waals surface area (Å²) in [6, 6.07) is 4.23. The summed E-state index contributed by atoms with van der Waals surface area (Å²) in [5.74, 6) is 0.00146. The van der Waals surface area contributed by atoms with Gasteiger partial charge in [0.1, 0.15) is 0 Å². The van der Waals surface area contributed by atoms with Crippen molar-refractivity contribution in [3.63, 3.8) is 0 Å². The number of likely N-dealkylation sites (tertiary alicyclic amines) is 2. The Balaban J connectivity index is 1.36. The van der Waals surface area contributed by atoms with Crippen LogP contribution in [0.3, 0.4) is 0 Å². The number of carbonyl (C=O) groups is 1. The third-order valence-corrected chi connectivity index (χ3v) is 7.47. The lowest BCUT2D eigenvalue weighted by molar-refractivity contribution is -0.146. The third-order valence-electron chi connectivity index (χ3n) is 7.47. The average Bonchev–Trinajstić information content (AvgIpc) is 3.04. The number of aliphatic carboxylic acids is 1. The molecule has 3 heterocycles. The van der Waals surface area contributed by atoms with E-state index in [1.165, 1.54) is 37.7 Å². The fraction of sp³-hybridized carbons (Fsp3) is 0.739. The van der Waals surface area contributed by atoms with Gasteiger partial charge in [-0.2, -0.15) is 0 Å². The number of aromatic nitrogens is 1. The van der Waals surface area contributed by atoms with Crippen LogP contribution < -0.4 is 0 Å². The SMILES string of the molecule is Cc1ccc(CN2CCC3(CC2)CN(CC2CCCCC2)CC3C(=O)O)nc1. The maximum absolute atomic E-state index is 12.1. The van der Waals surface area contributed by atoms with Gasteiger partial charge in [-0.25, -0.2) is 0 Å². The molecule has 2 saturated heterocycles. The summed E-state index contributed by atoms with van der Waals surface area (Å²) in [5, 5.41) is 9.93. The third kappa shape index (κ3) is 4.41. The number of piperidine rings is 1. The zero-order valence-electron chi connectivity index (χ0n) is 17.3. The molecule has 4 rings (SSSR count). The Hall–Kier alpha value is -1.46. The van der Waals surface area contributed by atoms with Gasteiger partial charge in [-0.1, -0.05) is 25.3 Å². The van der Waals surface area contributed by atoms with Crippen molar-refractivity contribution < 1.29 is 9.90 Å². The molecule has 1 saturated carbocycles. The fourth-order valence-electron chi connectivity index (χ4n) is 5.77. The van der Waals surface area contributed by atoms with E-state index in [1.54, 1.807) is 0 Å². The Morgan fingerprint density at radius 2 is 1.93 bits per heavy atom. The molecular weight excluding hydrogens is 350 g/mol. The van der Waals surface area contributed by atoms with E-state index in [9.17, 15) is 9.90 Å². The Morgan fingerprint density at radius 1 is 1.18 bits per heavy atom. The number of aryl methyl sites for hydroxylation is 1. The van der Waals surface area contributed by atoms with Crippen molar-refractivity contribution in [2.75, 3.05) is 32.7 Å². The van der Waals surface area contributed by atoms with Gasteiger partial charge in [-0.05, 0) is 63.2 Å². The van der Waals surface area contributed by atoms with Gasteiger partial charge in [-0.15, -0.1) is 0 Å². The quantitative estimate of drug-likeness (QED) is 0.840. The molecule has 1 aromatic rings. The van der Waals surface area contributed by atoms with Gasteiger partial charge < -0.3 is 10.0 Å². The van der Waals surface area contributed by atoms with Gasteiger partial charge in [0.25, 0.3) is 0 Å². The van der Waals surface area contributed by atoms with E-state index in [4.69, 9.17) is 0 Å². The molecule has 2 aliphatic heterocycles. The van der Waals surface area contributed by atoms with Crippen molar-refractivity contribution in [2.24, 2.45) is 17.3 Å². The predicted molar refractivity (Wildman–Crippen MR) is 110 cm³/mol. The van der Waals surface area contributed by atoms with Gasteiger partial charge >= 0.3 is 5.97 Å². The minimum atomic E-state index is -0.584. The Labute approximate surface area is 169 Å². The van der Waals surface area contributed by atoms with Crippen molar-refractivity contribution in [1.82, 2.24) is 14.8 Å². The maximum atomic E-state index is 12.1. The molecule has 0 radical (unpaired) electrons. The molecule has 3 aliphatic rings. The second kappa shape index (κ2) is 8.50. The van der Waals surface area contributed by atoms with Crippen molar-refractivity contribution in [3.05, 3.63) is 29.6 Å². The molecule has 1 atom stereocenters. The van der Waals surface area contributed by atoms with Crippen molar-refractivity contribution in [2.45, 2.75) is 58.4 Å². The standard InChI is InChI=1S/C23H35N3O2/c1-18-7-8-20(24-13-18)15-25-11-9-23(10-12-25)17-26(16-21(23)22(27)28)14-19-5-3-2-4-6-19/h7-8,13,19,21H,2-6,9-12,14-17H2,1H3,(H,27,28). The van der Waals surface area contributed by atoms with Crippen LogP contribution in [0.25, 0.3) is 0 Å². The lowest BCUT2D eigenvalue weighted by Crippen LogP contribution is -2.46. The van der Waals surface area contributed by atoms with Gasteiger partial charge in [0.2, 0.25) is 0 Å².